The van der Waals surface area contributed by atoms with Gasteiger partial charge in [-0.15, -0.1) is 11.8 Å². The van der Waals surface area contributed by atoms with Crippen LogP contribution in [0.3, 0.4) is 0 Å². The predicted octanol–water partition coefficient (Wildman–Crippen LogP) is 2.86. The van der Waals surface area contributed by atoms with Crippen LogP contribution in [0, 0.1) is 0 Å². The Balaban J connectivity index is 2.15. The van der Waals surface area contributed by atoms with E-state index in [0.29, 0.717) is 0 Å². The molecule has 0 amide bonds. The van der Waals surface area contributed by atoms with E-state index in [0.717, 1.165) is 33.7 Å². The molecule has 114 valence electrons. The van der Waals surface area contributed by atoms with Crippen LogP contribution in [-0.4, -0.2) is 22.6 Å². The number of aryl methyl sites for hydroxylation is 1. The SMILES string of the molecule is CCn1ncc(OC)c1C(CSc1cccc(Cl)c1)NN. The summed E-state index contributed by atoms with van der Waals surface area (Å²) in [6.45, 7) is 2.80. The zero-order chi connectivity index (χ0) is 15.2. The van der Waals surface area contributed by atoms with Crippen molar-refractivity contribution < 1.29 is 4.74 Å². The maximum Gasteiger partial charge on any atom is 0.161 e. The first-order valence-corrected chi connectivity index (χ1v) is 8.00. The Morgan fingerprint density at radius 3 is 2.95 bits per heavy atom. The second-order valence-electron chi connectivity index (χ2n) is 4.40. The first-order chi connectivity index (χ1) is 10.2. The van der Waals surface area contributed by atoms with Gasteiger partial charge in [0.25, 0.3) is 0 Å². The second-order valence-corrected chi connectivity index (χ2v) is 5.93. The number of nitrogens with two attached hydrogens (primary N) is 1. The molecule has 1 atom stereocenters. The normalized spacial score (nSPS) is 12.4. The van der Waals surface area contributed by atoms with E-state index in [1.807, 2.05) is 35.9 Å². The van der Waals surface area contributed by atoms with Gasteiger partial charge in [0.05, 0.1) is 25.0 Å². The quantitative estimate of drug-likeness (QED) is 0.465. The van der Waals surface area contributed by atoms with Crippen LogP contribution in [0.4, 0.5) is 0 Å². The molecule has 0 saturated heterocycles. The summed E-state index contributed by atoms with van der Waals surface area (Å²) in [6, 6.07) is 7.70. The van der Waals surface area contributed by atoms with Crippen LogP contribution >= 0.6 is 23.4 Å². The fourth-order valence-electron chi connectivity index (χ4n) is 2.08. The molecule has 0 saturated carbocycles. The Morgan fingerprint density at radius 1 is 1.52 bits per heavy atom. The van der Waals surface area contributed by atoms with Crippen molar-refractivity contribution in [2.45, 2.75) is 24.4 Å². The average molecular weight is 327 g/mol. The average Bonchev–Trinajstić information content (AvgIpc) is 2.91. The smallest absolute Gasteiger partial charge is 0.161 e. The number of methoxy groups -OCH3 is 1. The van der Waals surface area contributed by atoms with Crippen molar-refractivity contribution in [2.24, 2.45) is 5.84 Å². The highest BCUT2D eigenvalue weighted by Gasteiger charge is 2.20. The maximum atomic E-state index is 6.00. The maximum absolute atomic E-state index is 6.00. The molecule has 5 nitrogen and oxygen atoms in total. The van der Waals surface area contributed by atoms with Crippen molar-refractivity contribution in [3.63, 3.8) is 0 Å². The molecule has 0 fully saturated rings. The van der Waals surface area contributed by atoms with Crippen LogP contribution < -0.4 is 16.0 Å². The zero-order valence-corrected chi connectivity index (χ0v) is 13.6. The van der Waals surface area contributed by atoms with Crippen molar-refractivity contribution in [2.75, 3.05) is 12.9 Å². The van der Waals surface area contributed by atoms with E-state index in [4.69, 9.17) is 22.2 Å². The lowest BCUT2D eigenvalue weighted by molar-refractivity contribution is 0.397. The second kappa shape index (κ2) is 7.70. The van der Waals surface area contributed by atoms with Gasteiger partial charge >= 0.3 is 0 Å². The summed E-state index contributed by atoms with van der Waals surface area (Å²) in [5.74, 6) is 7.21. The van der Waals surface area contributed by atoms with Crippen LogP contribution in [0.1, 0.15) is 18.7 Å². The number of hydrogen-bond donors (Lipinski definition) is 2. The van der Waals surface area contributed by atoms with Crippen molar-refractivity contribution in [1.82, 2.24) is 15.2 Å². The Bertz CT molecular complexity index is 569. The Labute approximate surface area is 133 Å². The molecule has 7 heteroatoms. The van der Waals surface area contributed by atoms with Crippen LogP contribution in [0.15, 0.2) is 35.4 Å². The van der Waals surface area contributed by atoms with E-state index in [-0.39, 0.29) is 6.04 Å². The molecule has 2 rings (SSSR count). The molecule has 0 aliphatic heterocycles. The molecule has 1 unspecified atom stereocenters. The summed E-state index contributed by atoms with van der Waals surface area (Å²) in [5.41, 5.74) is 3.80. The van der Waals surface area contributed by atoms with Crippen LogP contribution in [0.2, 0.25) is 5.02 Å². The number of rotatable bonds is 7. The molecular formula is C14H19ClN4OS. The van der Waals surface area contributed by atoms with E-state index >= 15 is 0 Å². The van der Waals surface area contributed by atoms with Gasteiger partial charge in [-0.25, -0.2) is 0 Å². The number of aromatic nitrogens is 2. The summed E-state index contributed by atoms with van der Waals surface area (Å²) in [6.07, 6.45) is 1.72. The lowest BCUT2D eigenvalue weighted by atomic mass is 10.2. The first kappa shape index (κ1) is 16.2. The summed E-state index contributed by atoms with van der Waals surface area (Å²) < 4.78 is 7.26. The molecule has 2 aromatic rings. The third-order valence-electron chi connectivity index (χ3n) is 3.11. The first-order valence-electron chi connectivity index (χ1n) is 6.63. The van der Waals surface area contributed by atoms with E-state index in [2.05, 4.69) is 10.5 Å². The Hall–Kier alpha value is -1.21. The molecule has 0 bridgehead atoms. The lowest BCUT2D eigenvalue weighted by Crippen LogP contribution is -2.31. The van der Waals surface area contributed by atoms with Gasteiger partial charge in [0, 0.05) is 22.2 Å². The number of hydrazine groups is 1. The van der Waals surface area contributed by atoms with Crippen molar-refractivity contribution >= 4 is 23.4 Å². The van der Waals surface area contributed by atoms with Crippen LogP contribution in [0.25, 0.3) is 0 Å². The largest absolute Gasteiger partial charge is 0.493 e. The number of ether oxygens (including phenoxy) is 1. The molecule has 0 aliphatic rings. The number of nitrogens with zero attached hydrogens (tertiary/aromatic N) is 2. The summed E-state index contributed by atoms with van der Waals surface area (Å²) in [5, 5.41) is 5.04. The molecule has 3 N–H and O–H groups in total. The number of benzene rings is 1. The Kier molecular flexibility index (Phi) is 5.93. The molecule has 0 radical (unpaired) electrons. The number of hydrogen-bond acceptors (Lipinski definition) is 5. The highest BCUT2D eigenvalue weighted by molar-refractivity contribution is 7.99. The number of halogens is 1. The van der Waals surface area contributed by atoms with Crippen molar-refractivity contribution in [1.29, 1.82) is 0 Å². The van der Waals surface area contributed by atoms with Crippen molar-refractivity contribution in [3.8, 4) is 5.75 Å². The van der Waals surface area contributed by atoms with Gasteiger partial charge in [-0.05, 0) is 25.1 Å². The monoisotopic (exact) mass is 326 g/mol. The van der Waals surface area contributed by atoms with Gasteiger partial charge in [0.2, 0.25) is 0 Å². The van der Waals surface area contributed by atoms with Gasteiger partial charge < -0.3 is 4.74 Å². The molecule has 0 aliphatic carbocycles. The third-order valence-corrected chi connectivity index (χ3v) is 4.43. The molecule has 1 aromatic carbocycles. The van der Waals surface area contributed by atoms with Gasteiger partial charge in [-0.2, -0.15) is 5.10 Å². The standard InChI is InChI=1S/C14H19ClN4OS/c1-3-19-14(13(20-2)8-17-19)12(18-16)9-21-11-6-4-5-10(15)7-11/h4-8,12,18H,3,9,16H2,1-2H3. The minimum absolute atomic E-state index is 0.0635. The fraction of sp³-hybridized carbons (Fsp3) is 0.357. The number of thioether (sulfide) groups is 1. The minimum atomic E-state index is -0.0635. The van der Waals surface area contributed by atoms with Crippen molar-refractivity contribution in [3.05, 3.63) is 41.2 Å². The molecule has 1 aromatic heterocycles. The summed E-state index contributed by atoms with van der Waals surface area (Å²) >= 11 is 7.68. The molecular weight excluding hydrogens is 308 g/mol. The molecule has 21 heavy (non-hydrogen) atoms. The zero-order valence-electron chi connectivity index (χ0n) is 12.0. The van der Waals surface area contributed by atoms with E-state index in [1.165, 1.54) is 0 Å². The van der Waals surface area contributed by atoms with Crippen LogP contribution in [0.5, 0.6) is 5.75 Å². The third kappa shape index (κ3) is 3.91. The van der Waals surface area contributed by atoms with E-state index in [9.17, 15) is 0 Å². The van der Waals surface area contributed by atoms with Gasteiger partial charge in [0.1, 0.15) is 0 Å². The Morgan fingerprint density at radius 2 is 2.33 bits per heavy atom. The highest BCUT2D eigenvalue weighted by Crippen LogP contribution is 2.30. The highest BCUT2D eigenvalue weighted by atomic mass is 35.5. The number of nitrogens with one attached hydrogen (secondary N) is 1. The molecule has 1 heterocycles. The summed E-state index contributed by atoms with van der Waals surface area (Å²) in [7, 11) is 1.64. The van der Waals surface area contributed by atoms with Gasteiger partial charge in [0.15, 0.2) is 5.75 Å². The van der Waals surface area contributed by atoms with Gasteiger partial charge in [-0.1, -0.05) is 17.7 Å². The summed E-state index contributed by atoms with van der Waals surface area (Å²) in [4.78, 5) is 1.10. The van der Waals surface area contributed by atoms with Crippen LogP contribution in [-0.2, 0) is 6.54 Å². The lowest BCUT2D eigenvalue weighted by Gasteiger charge is -2.18. The van der Waals surface area contributed by atoms with Gasteiger partial charge in [-0.3, -0.25) is 16.0 Å². The molecule has 0 spiro atoms. The topological polar surface area (TPSA) is 65.1 Å². The van der Waals surface area contributed by atoms with E-state index < -0.39 is 0 Å². The minimum Gasteiger partial charge on any atom is -0.493 e. The predicted molar refractivity (Wildman–Crippen MR) is 86.7 cm³/mol. The van der Waals surface area contributed by atoms with E-state index in [1.54, 1.807) is 25.1 Å². The fourth-order valence-corrected chi connectivity index (χ4v) is 3.33.